The minimum atomic E-state index is -0.187. The number of carbonyl (C=O) groups excluding carboxylic acids is 1. The van der Waals surface area contributed by atoms with E-state index in [0.717, 1.165) is 28.3 Å². The number of carbonyl (C=O) groups is 1. The first-order valence-corrected chi connectivity index (χ1v) is 5.53. The van der Waals surface area contributed by atoms with Gasteiger partial charge in [-0.05, 0) is 29.3 Å². The summed E-state index contributed by atoms with van der Waals surface area (Å²) in [6.07, 6.45) is 0.768. The molecule has 0 aliphatic carbocycles. The molecule has 2 aromatic rings. The van der Waals surface area contributed by atoms with Gasteiger partial charge in [0.1, 0.15) is 6.10 Å². The quantitative estimate of drug-likeness (QED) is 0.676. The van der Waals surface area contributed by atoms with E-state index in [9.17, 15) is 4.79 Å². The van der Waals surface area contributed by atoms with Gasteiger partial charge in [-0.3, -0.25) is 0 Å². The molecular formula is C14H12O2. The van der Waals surface area contributed by atoms with Crippen LogP contribution in [0.1, 0.15) is 35.4 Å². The molecule has 0 saturated carbocycles. The van der Waals surface area contributed by atoms with Crippen molar-refractivity contribution in [2.75, 3.05) is 0 Å². The predicted octanol–water partition coefficient (Wildman–Crippen LogP) is 3.46. The average molecular weight is 212 g/mol. The molecule has 80 valence electrons. The van der Waals surface area contributed by atoms with Crippen molar-refractivity contribution < 1.29 is 9.53 Å². The normalized spacial score (nSPS) is 18.6. The number of cyclic esters (lactones) is 1. The lowest BCUT2D eigenvalue weighted by molar-refractivity contribution is 0.0378. The zero-order valence-electron chi connectivity index (χ0n) is 9.07. The van der Waals surface area contributed by atoms with Gasteiger partial charge in [0.05, 0.1) is 5.56 Å². The van der Waals surface area contributed by atoms with Gasteiger partial charge in [0.2, 0.25) is 0 Å². The molecule has 3 rings (SSSR count). The fourth-order valence-electron chi connectivity index (χ4n) is 2.26. The minimum absolute atomic E-state index is 0.0629. The van der Waals surface area contributed by atoms with E-state index in [0.29, 0.717) is 0 Å². The maximum Gasteiger partial charge on any atom is 0.339 e. The van der Waals surface area contributed by atoms with Gasteiger partial charge in [-0.25, -0.2) is 4.79 Å². The summed E-state index contributed by atoms with van der Waals surface area (Å²) >= 11 is 0. The van der Waals surface area contributed by atoms with Crippen LogP contribution in [0.4, 0.5) is 0 Å². The van der Waals surface area contributed by atoms with Gasteiger partial charge in [-0.15, -0.1) is 0 Å². The van der Waals surface area contributed by atoms with Gasteiger partial charge < -0.3 is 4.74 Å². The maximum absolute atomic E-state index is 11.7. The lowest BCUT2D eigenvalue weighted by atomic mass is 9.98. The maximum atomic E-state index is 11.7. The number of hydrogen-bond acceptors (Lipinski definition) is 2. The summed E-state index contributed by atoms with van der Waals surface area (Å²) in [6, 6.07) is 12.1. The Bertz CT molecular complexity index is 572. The van der Waals surface area contributed by atoms with Crippen LogP contribution in [-0.4, -0.2) is 5.97 Å². The predicted molar refractivity (Wildman–Crippen MR) is 62.4 cm³/mol. The highest BCUT2D eigenvalue weighted by molar-refractivity contribution is 5.99. The Morgan fingerprint density at radius 2 is 1.88 bits per heavy atom. The van der Waals surface area contributed by atoms with E-state index in [1.807, 2.05) is 31.2 Å². The summed E-state index contributed by atoms with van der Waals surface area (Å²) < 4.78 is 5.31. The molecule has 1 aliphatic rings. The minimum Gasteiger partial charge on any atom is -0.454 e. The van der Waals surface area contributed by atoms with Gasteiger partial charge in [-0.2, -0.15) is 0 Å². The zero-order valence-corrected chi connectivity index (χ0v) is 9.07. The number of benzene rings is 2. The molecular weight excluding hydrogens is 200 g/mol. The van der Waals surface area contributed by atoms with E-state index in [4.69, 9.17) is 4.74 Å². The fourth-order valence-corrected chi connectivity index (χ4v) is 2.26. The first kappa shape index (κ1) is 9.40. The second kappa shape index (κ2) is 3.34. The van der Waals surface area contributed by atoms with E-state index in [2.05, 4.69) is 12.1 Å². The van der Waals surface area contributed by atoms with Crippen LogP contribution in [0.25, 0.3) is 10.8 Å². The molecule has 0 N–H and O–H groups in total. The highest BCUT2D eigenvalue weighted by Gasteiger charge is 2.29. The number of ether oxygens (including phenoxy) is 1. The molecule has 1 aliphatic heterocycles. The van der Waals surface area contributed by atoms with Crippen molar-refractivity contribution in [3.05, 3.63) is 47.5 Å². The summed E-state index contributed by atoms with van der Waals surface area (Å²) in [5.41, 5.74) is 1.76. The van der Waals surface area contributed by atoms with Crippen molar-refractivity contribution in [1.29, 1.82) is 0 Å². The van der Waals surface area contributed by atoms with Gasteiger partial charge in [-0.1, -0.05) is 31.2 Å². The Kier molecular flexibility index (Phi) is 1.96. The second-order valence-electron chi connectivity index (χ2n) is 4.09. The SMILES string of the molecule is CC[C@@H]1OC(=O)c2cc3ccccc3cc21. The molecule has 0 saturated heterocycles. The Labute approximate surface area is 93.8 Å². The summed E-state index contributed by atoms with van der Waals surface area (Å²) in [7, 11) is 0. The van der Waals surface area contributed by atoms with Crippen LogP contribution in [0.5, 0.6) is 0 Å². The van der Waals surface area contributed by atoms with Crippen LogP contribution in [0, 0.1) is 0 Å². The van der Waals surface area contributed by atoms with Crippen molar-refractivity contribution in [2.45, 2.75) is 19.4 Å². The number of fused-ring (bicyclic) bond motifs is 2. The summed E-state index contributed by atoms with van der Waals surface area (Å²) in [5.74, 6) is -0.187. The molecule has 0 spiro atoms. The van der Waals surface area contributed by atoms with Gasteiger partial charge in [0.15, 0.2) is 0 Å². The van der Waals surface area contributed by atoms with Gasteiger partial charge in [0.25, 0.3) is 0 Å². The van der Waals surface area contributed by atoms with Crippen LogP contribution in [0.3, 0.4) is 0 Å². The number of rotatable bonds is 1. The summed E-state index contributed by atoms with van der Waals surface area (Å²) in [5, 5.41) is 2.26. The largest absolute Gasteiger partial charge is 0.454 e. The molecule has 0 amide bonds. The number of hydrogen-bond donors (Lipinski definition) is 0. The second-order valence-corrected chi connectivity index (χ2v) is 4.09. The van der Waals surface area contributed by atoms with Crippen molar-refractivity contribution in [2.24, 2.45) is 0 Å². The van der Waals surface area contributed by atoms with E-state index < -0.39 is 0 Å². The highest BCUT2D eigenvalue weighted by Crippen LogP contribution is 2.35. The molecule has 2 nitrogen and oxygen atoms in total. The van der Waals surface area contributed by atoms with Crippen molar-refractivity contribution in [3.8, 4) is 0 Å². The third-order valence-corrected chi connectivity index (χ3v) is 3.10. The topological polar surface area (TPSA) is 26.3 Å². The van der Waals surface area contributed by atoms with Crippen LogP contribution in [0.2, 0.25) is 0 Å². The Hall–Kier alpha value is -1.83. The van der Waals surface area contributed by atoms with Crippen LogP contribution in [-0.2, 0) is 4.74 Å². The van der Waals surface area contributed by atoms with Crippen LogP contribution in [0.15, 0.2) is 36.4 Å². The molecule has 0 unspecified atom stereocenters. The van der Waals surface area contributed by atoms with E-state index >= 15 is 0 Å². The van der Waals surface area contributed by atoms with Crippen molar-refractivity contribution in [3.63, 3.8) is 0 Å². The zero-order chi connectivity index (χ0) is 11.1. The molecule has 0 bridgehead atoms. The molecule has 0 fully saturated rings. The Morgan fingerprint density at radius 3 is 2.56 bits per heavy atom. The van der Waals surface area contributed by atoms with E-state index in [1.54, 1.807) is 0 Å². The molecule has 2 aromatic carbocycles. The lowest BCUT2D eigenvalue weighted by Gasteiger charge is -2.07. The molecule has 1 atom stereocenters. The average Bonchev–Trinajstić information content (AvgIpc) is 2.63. The first-order chi connectivity index (χ1) is 7.79. The summed E-state index contributed by atoms with van der Waals surface area (Å²) in [4.78, 5) is 11.7. The van der Waals surface area contributed by atoms with E-state index in [-0.39, 0.29) is 12.1 Å². The lowest BCUT2D eigenvalue weighted by Crippen LogP contribution is -1.96. The monoisotopic (exact) mass is 212 g/mol. The smallest absolute Gasteiger partial charge is 0.339 e. The molecule has 0 aromatic heterocycles. The Balaban J connectivity index is 2.29. The van der Waals surface area contributed by atoms with Gasteiger partial charge in [0, 0.05) is 5.56 Å². The highest BCUT2D eigenvalue weighted by atomic mass is 16.5. The van der Waals surface area contributed by atoms with Crippen molar-refractivity contribution >= 4 is 16.7 Å². The molecule has 2 heteroatoms. The molecule has 1 heterocycles. The molecule has 0 radical (unpaired) electrons. The van der Waals surface area contributed by atoms with Crippen LogP contribution >= 0.6 is 0 Å². The third kappa shape index (κ3) is 1.23. The Morgan fingerprint density at radius 1 is 1.19 bits per heavy atom. The third-order valence-electron chi connectivity index (χ3n) is 3.10. The van der Waals surface area contributed by atoms with E-state index in [1.165, 1.54) is 0 Å². The first-order valence-electron chi connectivity index (χ1n) is 5.53. The number of esters is 1. The van der Waals surface area contributed by atoms with Crippen LogP contribution < -0.4 is 0 Å². The van der Waals surface area contributed by atoms with Crippen molar-refractivity contribution in [1.82, 2.24) is 0 Å². The fraction of sp³-hybridized carbons (Fsp3) is 0.214. The molecule has 16 heavy (non-hydrogen) atoms. The summed E-state index contributed by atoms with van der Waals surface area (Å²) in [6.45, 7) is 2.03. The standard InChI is InChI=1S/C14H12O2/c1-2-13-11-7-9-5-3-4-6-10(9)8-12(11)14(15)16-13/h3-8,13H,2H2,1H3/t13-/m0/s1. The van der Waals surface area contributed by atoms with Gasteiger partial charge >= 0.3 is 5.97 Å².